The van der Waals surface area contributed by atoms with Gasteiger partial charge in [0.25, 0.3) is 5.92 Å². The molecule has 112 valence electrons. The molecule has 1 saturated carbocycles. The van der Waals surface area contributed by atoms with Gasteiger partial charge in [-0.05, 0) is 18.9 Å². The van der Waals surface area contributed by atoms with E-state index in [-0.39, 0.29) is 19.7 Å². The predicted octanol–water partition coefficient (Wildman–Crippen LogP) is 0.561. The number of nitrogens with zero attached hydrogens (tertiary/aromatic N) is 1. The molecule has 0 aromatic rings. The Labute approximate surface area is 115 Å². The van der Waals surface area contributed by atoms with E-state index >= 15 is 0 Å². The van der Waals surface area contributed by atoms with Crippen molar-refractivity contribution in [3.8, 4) is 0 Å². The third kappa shape index (κ3) is 2.30. The fourth-order valence-electron chi connectivity index (χ4n) is 2.69. The molecule has 20 heavy (non-hydrogen) atoms. The maximum atomic E-state index is 13.7. The van der Waals surface area contributed by atoms with Gasteiger partial charge in [0.15, 0.2) is 5.60 Å². The van der Waals surface area contributed by atoms with Gasteiger partial charge in [0.05, 0.1) is 19.0 Å². The van der Waals surface area contributed by atoms with Crippen molar-refractivity contribution in [3.63, 3.8) is 0 Å². The number of rotatable bonds is 5. The highest BCUT2D eigenvalue weighted by molar-refractivity contribution is 5.90. The van der Waals surface area contributed by atoms with Gasteiger partial charge < -0.3 is 15.0 Å². The second-order valence-electron chi connectivity index (χ2n) is 5.23. The second kappa shape index (κ2) is 5.12. The Hall–Kier alpha value is -1.50. The summed E-state index contributed by atoms with van der Waals surface area (Å²) in [7, 11) is 1.44. The van der Waals surface area contributed by atoms with E-state index in [1.54, 1.807) is 0 Å². The first kappa shape index (κ1) is 14.9. The number of carbonyl (C=O) groups is 2. The van der Waals surface area contributed by atoms with Gasteiger partial charge in [-0.15, -0.1) is 0 Å². The van der Waals surface area contributed by atoms with E-state index in [9.17, 15) is 18.4 Å². The van der Waals surface area contributed by atoms with Gasteiger partial charge in [-0.25, -0.2) is 8.78 Å². The summed E-state index contributed by atoms with van der Waals surface area (Å²) in [5.74, 6) is -4.58. The molecule has 1 aliphatic carbocycles. The molecule has 0 aromatic heterocycles. The van der Waals surface area contributed by atoms with Crippen LogP contribution in [-0.4, -0.2) is 55.0 Å². The Morgan fingerprint density at radius 1 is 1.55 bits per heavy atom. The minimum Gasteiger partial charge on any atom is -0.366 e. The highest BCUT2D eigenvalue weighted by Gasteiger charge is 2.82. The normalized spacial score (nSPS) is 30.1. The molecule has 2 amide bonds. The molecule has 2 fully saturated rings. The summed E-state index contributed by atoms with van der Waals surface area (Å²) in [6, 6.07) is 0. The number of ether oxygens (including phenoxy) is 1. The van der Waals surface area contributed by atoms with Crippen LogP contribution >= 0.6 is 0 Å². The minimum absolute atomic E-state index is 0.197. The fourth-order valence-corrected chi connectivity index (χ4v) is 2.69. The number of carbonyl (C=O) groups excluding carboxylic acids is 2. The van der Waals surface area contributed by atoms with E-state index in [2.05, 4.69) is 11.9 Å². The first-order valence-electron chi connectivity index (χ1n) is 6.51. The molecule has 7 heteroatoms. The van der Waals surface area contributed by atoms with Gasteiger partial charge in [0, 0.05) is 13.7 Å². The summed E-state index contributed by atoms with van der Waals surface area (Å²) in [5, 5.41) is 2.43. The lowest BCUT2D eigenvalue weighted by Crippen LogP contribution is -2.44. The standard InChI is InChI=1S/C13H18F2N2O3/c1-3-11(19)17(2)7-10(18)16-8-12-9(13(12,14)15)5-4-6-20-12/h3,9H,1,4-8H2,2H3,(H,16,18)/t9-,12+/m1/s1. The Bertz CT molecular complexity index is 441. The van der Waals surface area contributed by atoms with Crippen LogP contribution in [0.2, 0.25) is 0 Å². The first-order chi connectivity index (χ1) is 9.35. The summed E-state index contributed by atoms with van der Waals surface area (Å²) in [5.41, 5.74) is -1.54. The van der Waals surface area contributed by atoms with Crippen LogP contribution < -0.4 is 5.32 Å². The molecule has 1 heterocycles. The van der Waals surface area contributed by atoms with Crippen LogP contribution in [0.25, 0.3) is 0 Å². The Kier molecular flexibility index (Phi) is 3.82. The zero-order valence-corrected chi connectivity index (χ0v) is 11.3. The third-order valence-corrected chi connectivity index (χ3v) is 3.96. The van der Waals surface area contributed by atoms with Gasteiger partial charge in [-0.1, -0.05) is 6.58 Å². The molecular formula is C13H18F2N2O3. The minimum atomic E-state index is -2.88. The molecule has 5 nitrogen and oxygen atoms in total. The van der Waals surface area contributed by atoms with E-state index < -0.39 is 29.3 Å². The summed E-state index contributed by atoms with van der Waals surface area (Å²) in [6.45, 7) is 3.17. The van der Waals surface area contributed by atoms with Crippen molar-refractivity contribution < 1.29 is 23.1 Å². The monoisotopic (exact) mass is 288 g/mol. The van der Waals surface area contributed by atoms with Crippen LogP contribution in [0.3, 0.4) is 0 Å². The Balaban J connectivity index is 1.85. The highest BCUT2D eigenvalue weighted by atomic mass is 19.3. The van der Waals surface area contributed by atoms with Crippen LogP contribution in [0.1, 0.15) is 12.8 Å². The number of alkyl halides is 2. The predicted molar refractivity (Wildman–Crippen MR) is 67.2 cm³/mol. The second-order valence-corrected chi connectivity index (χ2v) is 5.23. The largest absolute Gasteiger partial charge is 0.366 e. The summed E-state index contributed by atoms with van der Waals surface area (Å²) in [4.78, 5) is 24.0. The van der Waals surface area contributed by atoms with Crippen LogP contribution in [0, 0.1) is 5.92 Å². The molecule has 1 saturated heterocycles. The molecule has 2 aliphatic rings. The number of amides is 2. The number of nitrogens with one attached hydrogen (secondary N) is 1. The van der Waals surface area contributed by atoms with Gasteiger partial charge in [-0.3, -0.25) is 9.59 Å². The number of hydrogen-bond donors (Lipinski definition) is 1. The van der Waals surface area contributed by atoms with Gasteiger partial charge in [0.2, 0.25) is 11.8 Å². The van der Waals surface area contributed by atoms with Crippen molar-refractivity contribution >= 4 is 11.8 Å². The molecule has 2 atom stereocenters. The lowest BCUT2D eigenvalue weighted by atomic mass is 10.1. The smallest absolute Gasteiger partial charge is 0.284 e. The maximum absolute atomic E-state index is 13.7. The van der Waals surface area contributed by atoms with Crippen molar-refractivity contribution in [2.75, 3.05) is 26.7 Å². The number of fused-ring (bicyclic) bond motifs is 1. The van der Waals surface area contributed by atoms with Gasteiger partial charge in [-0.2, -0.15) is 0 Å². The van der Waals surface area contributed by atoms with Crippen molar-refractivity contribution in [2.24, 2.45) is 5.92 Å². The molecular weight excluding hydrogens is 270 g/mol. The van der Waals surface area contributed by atoms with E-state index in [0.29, 0.717) is 12.8 Å². The van der Waals surface area contributed by atoms with Crippen LogP contribution in [0.4, 0.5) is 8.78 Å². The quantitative estimate of drug-likeness (QED) is 0.752. The molecule has 0 unspecified atom stereocenters. The Morgan fingerprint density at radius 3 is 2.85 bits per heavy atom. The molecule has 0 bridgehead atoms. The van der Waals surface area contributed by atoms with Gasteiger partial charge in [0.1, 0.15) is 0 Å². The fraction of sp³-hybridized carbons (Fsp3) is 0.692. The topological polar surface area (TPSA) is 58.6 Å². The summed E-state index contributed by atoms with van der Waals surface area (Å²) in [6.07, 6.45) is 2.12. The first-order valence-corrected chi connectivity index (χ1v) is 6.51. The summed E-state index contributed by atoms with van der Waals surface area (Å²) >= 11 is 0. The average molecular weight is 288 g/mol. The molecule has 0 radical (unpaired) electrons. The lowest BCUT2D eigenvalue weighted by molar-refractivity contribution is -0.132. The molecule has 0 spiro atoms. The van der Waals surface area contributed by atoms with Crippen molar-refractivity contribution in [1.82, 2.24) is 10.2 Å². The summed E-state index contributed by atoms with van der Waals surface area (Å²) < 4.78 is 32.6. The van der Waals surface area contributed by atoms with Gasteiger partial charge >= 0.3 is 0 Å². The van der Waals surface area contributed by atoms with Crippen LogP contribution in [0.5, 0.6) is 0 Å². The SMILES string of the molecule is C=CC(=O)N(C)CC(=O)NC[C@]12OCCC[C@H]1C2(F)F. The third-order valence-electron chi connectivity index (χ3n) is 3.96. The van der Waals surface area contributed by atoms with E-state index in [1.165, 1.54) is 7.05 Å². The van der Waals surface area contributed by atoms with Crippen LogP contribution in [-0.2, 0) is 14.3 Å². The van der Waals surface area contributed by atoms with Crippen molar-refractivity contribution in [1.29, 1.82) is 0 Å². The molecule has 2 rings (SSSR count). The number of likely N-dealkylation sites (N-methyl/N-ethyl adjacent to an activating group) is 1. The molecule has 1 N–H and O–H groups in total. The molecule has 0 aromatic carbocycles. The van der Waals surface area contributed by atoms with Crippen LogP contribution in [0.15, 0.2) is 12.7 Å². The van der Waals surface area contributed by atoms with E-state index in [4.69, 9.17) is 4.74 Å². The highest BCUT2D eigenvalue weighted by Crippen LogP contribution is 2.64. The maximum Gasteiger partial charge on any atom is 0.284 e. The van der Waals surface area contributed by atoms with Crippen molar-refractivity contribution in [3.05, 3.63) is 12.7 Å². The average Bonchev–Trinajstić information content (AvgIpc) is 2.93. The lowest BCUT2D eigenvalue weighted by Gasteiger charge is -2.22. The zero-order valence-electron chi connectivity index (χ0n) is 11.3. The zero-order chi connectivity index (χ0) is 15.0. The van der Waals surface area contributed by atoms with E-state index in [0.717, 1.165) is 11.0 Å². The number of hydrogen-bond acceptors (Lipinski definition) is 3. The Morgan fingerprint density at radius 2 is 2.25 bits per heavy atom. The molecule has 1 aliphatic heterocycles. The van der Waals surface area contributed by atoms with Crippen molar-refractivity contribution in [2.45, 2.75) is 24.4 Å². The van der Waals surface area contributed by atoms with E-state index in [1.807, 2.05) is 0 Å². The number of halogens is 2.